The van der Waals surface area contributed by atoms with E-state index < -0.39 is 6.10 Å². The minimum atomic E-state index is -0.662. The van der Waals surface area contributed by atoms with Gasteiger partial charge in [-0.1, -0.05) is 23.8 Å². The Morgan fingerprint density at radius 2 is 2.13 bits per heavy atom. The fourth-order valence-electron chi connectivity index (χ4n) is 1.60. The van der Waals surface area contributed by atoms with Crippen molar-refractivity contribution < 1.29 is 9.53 Å². The second-order valence-electron chi connectivity index (χ2n) is 3.65. The molecule has 0 fully saturated rings. The van der Waals surface area contributed by atoms with Crippen molar-refractivity contribution in [1.29, 1.82) is 0 Å². The van der Waals surface area contributed by atoms with Gasteiger partial charge in [0.15, 0.2) is 0 Å². The molecular formula is C11H12N2O2. The maximum Gasteiger partial charge on any atom is 0.296 e. The molecule has 1 aromatic rings. The zero-order valence-electron chi connectivity index (χ0n) is 8.65. The molecule has 1 aliphatic heterocycles. The second kappa shape index (κ2) is 3.38. The van der Waals surface area contributed by atoms with Gasteiger partial charge in [-0.05, 0) is 19.4 Å². The first-order valence-electron chi connectivity index (χ1n) is 4.70. The molecule has 1 aliphatic rings. The maximum atomic E-state index is 11.5. The van der Waals surface area contributed by atoms with Gasteiger partial charge in [-0.2, -0.15) is 4.99 Å². The van der Waals surface area contributed by atoms with Crippen molar-refractivity contribution in [1.82, 2.24) is 0 Å². The molecule has 0 spiro atoms. The number of amidine groups is 1. The molecule has 1 atom stereocenters. The number of aliphatic imine (C=N–C) groups is 1. The molecule has 4 heteroatoms. The lowest BCUT2D eigenvalue weighted by Gasteiger charge is -2.12. The van der Waals surface area contributed by atoms with E-state index in [0.29, 0.717) is 0 Å². The molecule has 1 heterocycles. The molecule has 0 aromatic heterocycles. The van der Waals surface area contributed by atoms with Gasteiger partial charge in [-0.25, -0.2) is 0 Å². The molecule has 2 rings (SSSR count). The molecule has 78 valence electrons. The summed E-state index contributed by atoms with van der Waals surface area (Å²) in [4.78, 5) is 15.0. The number of carbonyl (C=O) groups excluding carboxylic acids is 1. The molecule has 0 radical (unpaired) electrons. The van der Waals surface area contributed by atoms with E-state index >= 15 is 0 Å². The molecule has 2 N–H and O–H groups in total. The monoisotopic (exact) mass is 204 g/mol. The van der Waals surface area contributed by atoms with Crippen molar-refractivity contribution in [2.45, 2.75) is 20.0 Å². The first kappa shape index (κ1) is 9.71. The Kier molecular flexibility index (Phi) is 2.19. The molecule has 0 bridgehead atoms. The van der Waals surface area contributed by atoms with Crippen LogP contribution in [0.25, 0.3) is 0 Å². The molecular weight excluding hydrogens is 192 g/mol. The highest BCUT2D eigenvalue weighted by molar-refractivity contribution is 5.98. The Labute approximate surface area is 87.8 Å². The van der Waals surface area contributed by atoms with Crippen LogP contribution in [0.15, 0.2) is 23.2 Å². The summed E-state index contributed by atoms with van der Waals surface area (Å²) in [7, 11) is 0. The van der Waals surface area contributed by atoms with E-state index in [1.165, 1.54) is 0 Å². The van der Waals surface area contributed by atoms with Crippen LogP contribution >= 0.6 is 0 Å². The van der Waals surface area contributed by atoms with Gasteiger partial charge in [-0.3, -0.25) is 4.79 Å². The minimum Gasteiger partial charge on any atom is -0.447 e. The fraction of sp³-hybridized carbons (Fsp3) is 0.273. The lowest BCUT2D eigenvalue weighted by atomic mass is 10.0. The first-order valence-corrected chi connectivity index (χ1v) is 4.70. The number of hydrogen-bond acceptors (Lipinski definition) is 3. The van der Waals surface area contributed by atoms with Crippen molar-refractivity contribution in [2.75, 3.05) is 0 Å². The quantitative estimate of drug-likeness (QED) is 0.747. The van der Waals surface area contributed by atoms with E-state index in [4.69, 9.17) is 10.5 Å². The Morgan fingerprint density at radius 3 is 2.73 bits per heavy atom. The van der Waals surface area contributed by atoms with Gasteiger partial charge in [0.05, 0.1) is 0 Å². The lowest BCUT2D eigenvalue weighted by Crippen LogP contribution is -2.14. The van der Waals surface area contributed by atoms with Crippen molar-refractivity contribution in [2.24, 2.45) is 10.7 Å². The Hall–Kier alpha value is -1.84. The van der Waals surface area contributed by atoms with E-state index in [9.17, 15) is 4.79 Å². The van der Waals surface area contributed by atoms with E-state index in [2.05, 4.69) is 4.99 Å². The number of hydrogen-bond donors (Lipinski definition) is 1. The number of nitrogens with zero attached hydrogens (tertiary/aromatic N) is 1. The summed E-state index contributed by atoms with van der Waals surface area (Å²) >= 11 is 0. The fourth-order valence-corrected chi connectivity index (χ4v) is 1.60. The van der Waals surface area contributed by atoms with E-state index in [1.54, 1.807) is 0 Å². The number of benzene rings is 1. The number of ether oxygens (including phenoxy) is 1. The summed E-state index contributed by atoms with van der Waals surface area (Å²) in [6, 6.07) is 5.82. The Morgan fingerprint density at radius 1 is 1.40 bits per heavy atom. The van der Waals surface area contributed by atoms with Crippen LogP contribution in [0, 0.1) is 13.8 Å². The highest BCUT2D eigenvalue weighted by atomic mass is 16.5. The predicted molar refractivity (Wildman–Crippen MR) is 56.4 cm³/mol. The zero-order valence-corrected chi connectivity index (χ0v) is 8.65. The van der Waals surface area contributed by atoms with Gasteiger partial charge in [0.25, 0.3) is 11.9 Å². The van der Waals surface area contributed by atoms with Crippen LogP contribution in [-0.4, -0.2) is 11.9 Å². The SMILES string of the molecule is Cc1ccc(C)c(C2OC(N)=NC2=O)c1. The third kappa shape index (κ3) is 1.70. The van der Waals surface area contributed by atoms with Crippen LogP contribution in [0.1, 0.15) is 22.8 Å². The van der Waals surface area contributed by atoms with Crippen LogP contribution in [0.3, 0.4) is 0 Å². The summed E-state index contributed by atoms with van der Waals surface area (Å²) in [6.45, 7) is 3.90. The van der Waals surface area contributed by atoms with Gasteiger partial charge < -0.3 is 10.5 Å². The zero-order chi connectivity index (χ0) is 11.0. The standard InChI is InChI=1S/C11H12N2O2/c1-6-3-4-7(2)8(5-6)9-10(14)13-11(12)15-9/h3-5,9H,1-2H3,(H2,12,13,14). The van der Waals surface area contributed by atoms with Gasteiger partial charge in [0.1, 0.15) is 0 Å². The second-order valence-corrected chi connectivity index (χ2v) is 3.65. The number of rotatable bonds is 1. The van der Waals surface area contributed by atoms with Crippen LogP contribution in [0.5, 0.6) is 0 Å². The number of amides is 1. The van der Waals surface area contributed by atoms with E-state index in [1.807, 2.05) is 32.0 Å². The van der Waals surface area contributed by atoms with Gasteiger partial charge >= 0.3 is 0 Å². The van der Waals surface area contributed by atoms with Gasteiger partial charge in [-0.15, -0.1) is 0 Å². The molecule has 4 nitrogen and oxygen atoms in total. The smallest absolute Gasteiger partial charge is 0.296 e. The van der Waals surface area contributed by atoms with Crippen molar-refractivity contribution in [3.05, 3.63) is 34.9 Å². The first-order chi connectivity index (χ1) is 7.08. The Bertz CT molecular complexity index is 452. The third-order valence-electron chi connectivity index (χ3n) is 2.40. The summed E-state index contributed by atoms with van der Waals surface area (Å²) in [5.74, 6) is -0.332. The number of nitrogens with two attached hydrogens (primary N) is 1. The van der Waals surface area contributed by atoms with Gasteiger partial charge in [0.2, 0.25) is 6.10 Å². The largest absolute Gasteiger partial charge is 0.447 e. The maximum absolute atomic E-state index is 11.5. The van der Waals surface area contributed by atoms with Crippen LogP contribution in [0.2, 0.25) is 0 Å². The van der Waals surface area contributed by atoms with E-state index in [-0.39, 0.29) is 11.9 Å². The summed E-state index contributed by atoms with van der Waals surface area (Å²) < 4.78 is 5.17. The number of aryl methyl sites for hydroxylation is 2. The summed E-state index contributed by atoms with van der Waals surface area (Å²) in [6.07, 6.45) is -0.662. The lowest BCUT2D eigenvalue weighted by molar-refractivity contribution is -0.122. The molecule has 1 aromatic carbocycles. The average Bonchev–Trinajstić information content (AvgIpc) is 2.50. The highest BCUT2D eigenvalue weighted by Crippen LogP contribution is 2.26. The predicted octanol–water partition coefficient (Wildman–Crippen LogP) is 1.22. The minimum absolute atomic E-state index is 0.0501. The normalized spacial score (nSPS) is 20.0. The average molecular weight is 204 g/mol. The molecule has 1 unspecified atom stereocenters. The van der Waals surface area contributed by atoms with Crippen LogP contribution in [-0.2, 0) is 9.53 Å². The van der Waals surface area contributed by atoms with Crippen molar-refractivity contribution in [3.63, 3.8) is 0 Å². The molecule has 0 aliphatic carbocycles. The third-order valence-corrected chi connectivity index (χ3v) is 2.40. The Balaban J connectivity index is 2.39. The molecule has 0 saturated heterocycles. The summed E-state index contributed by atoms with van der Waals surface area (Å²) in [5, 5.41) is 0. The van der Waals surface area contributed by atoms with Gasteiger partial charge in [0, 0.05) is 5.56 Å². The summed E-state index contributed by atoms with van der Waals surface area (Å²) in [5.41, 5.74) is 8.27. The van der Waals surface area contributed by atoms with Crippen LogP contribution in [0.4, 0.5) is 0 Å². The van der Waals surface area contributed by atoms with Crippen molar-refractivity contribution in [3.8, 4) is 0 Å². The van der Waals surface area contributed by atoms with E-state index in [0.717, 1.165) is 16.7 Å². The molecule has 1 amide bonds. The molecule has 15 heavy (non-hydrogen) atoms. The topological polar surface area (TPSA) is 64.7 Å². The molecule has 0 saturated carbocycles. The van der Waals surface area contributed by atoms with Crippen molar-refractivity contribution >= 4 is 11.9 Å². The highest BCUT2D eigenvalue weighted by Gasteiger charge is 2.30. The number of carbonyl (C=O) groups is 1. The van der Waals surface area contributed by atoms with Crippen LogP contribution < -0.4 is 5.73 Å².